The highest BCUT2D eigenvalue weighted by Gasteiger charge is 2.39. The number of alkyl halides is 6. The molecule has 0 aliphatic carbocycles. The summed E-state index contributed by atoms with van der Waals surface area (Å²) in [7, 11) is 0. The molecule has 0 fully saturated rings. The predicted octanol–water partition coefficient (Wildman–Crippen LogP) is 4.71. The minimum atomic E-state index is -5.00. The Balaban J connectivity index is 3.63. The van der Waals surface area contributed by atoms with Crippen LogP contribution in [0.4, 0.5) is 26.3 Å². The van der Waals surface area contributed by atoms with Crippen LogP contribution in [0.3, 0.4) is 0 Å². The molecule has 0 atom stereocenters. The van der Waals surface area contributed by atoms with E-state index < -0.39 is 37.9 Å². The minimum Gasteiger partial charge on any atom is -0.276 e. The van der Waals surface area contributed by atoms with E-state index in [1.54, 1.807) is 0 Å². The highest BCUT2D eigenvalue weighted by molar-refractivity contribution is 14.1. The van der Waals surface area contributed by atoms with Gasteiger partial charge >= 0.3 is 12.4 Å². The summed E-state index contributed by atoms with van der Waals surface area (Å²) in [5.41, 5.74) is -3.93. The van der Waals surface area contributed by atoms with Crippen molar-refractivity contribution in [1.29, 1.82) is 0 Å². The fourth-order valence-corrected chi connectivity index (χ4v) is 2.31. The molecule has 0 N–H and O–H groups in total. The van der Waals surface area contributed by atoms with Crippen molar-refractivity contribution in [3.05, 3.63) is 32.4 Å². The molecule has 0 aliphatic rings. The highest BCUT2D eigenvalue weighted by Crippen LogP contribution is 2.39. The monoisotopic (exact) mass is 402 g/mol. The number of hydrogen-bond acceptors (Lipinski definition) is 1. The molecular formula is C9H2ClF6IO. The second-order valence-electron chi connectivity index (χ2n) is 3.15. The fraction of sp³-hybridized carbons (Fsp3) is 0.222. The molecule has 0 aliphatic heterocycles. The molecule has 18 heavy (non-hydrogen) atoms. The van der Waals surface area contributed by atoms with Gasteiger partial charge < -0.3 is 0 Å². The van der Waals surface area contributed by atoms with Crippen LogP contribution < -0.4 is 0 Å². The van der Waals surface area contributed by atoms with E-state index in [4.69, 9.17) is 11.6 Å². The summed E-state index contributed by atoms with van der Waals surface area (Å²) >= 11 is 6.11. The Morgan fingerprint density at radius 3 is 1.89 bits per heavy atom. The van der Waals surface area contributed by atoms with Crippen LogP contribution in [0.15, 0.2) is 12.1 Å². The second-order valence-corrected chi connectivity index (χ2v) is 4.58. The highest BCUT2D eigenvalue weighted by atomic mass is 127. The molecular weight excluding hydrogens is 400 g/mol. The molecule has 0 spiro atoms. The van der Waals surface area contributed by atoms with Gasteiger partial charge in [0.1, 0.15) is 0 Å². The Bertz CT molecular complexity index is 493. The van der Waals surface area contributed by atoms with Gasteiger partial charge in [-0.2, -0.15) is 26.3 Å². The molecule has 0 saturated carbocycles. The number of rotatable bonds is 1. The smallest absolute Gasteiger partial charge is 0.276 e. The van der Waals surface area contributed by atoms with E-state index in [0.717, 1.165) is 22.6 Å². The predicted molar refractivity (Wildman–Crippen MR) is 59.3 cm³/mol. The van der Waals surface area contributed by atoms with E-state index in [9.17, 15) is 31.1 Å². The molecule has 1 aromatic carbocycles. The maximum atomic E-state index is 12.5. The third kappa shape index (κ3) is 3.28. The van der Waals surface area contributed by atoms with Gasteiger partial charge in [-0.05, 0) is 46.3 Å². The van der Waals surface area contributed by atoms with Gasteiger partial charge in [-0.3, -0.25) is 4.79 Å². The summed E-state index contributed by atoms with van der Waals surface area (Å²) in [5, 5.41) is -1.38. The first-order valence-corrected chi connectivity index (χ1v) is 5.58. The van der Waals surface area contributed by atoms with E-state index in [1.807, 2.05) is 0 Å². The number of hydrogen-bond donors (Lipinski definition) is 0. The van der Waals surface area contributed by atoms with Crippen molar-refractivity contribution in [3.8, 4) is 0 Å². The van der Waals surface area contributed by atoms with Gasteiger partial charge in [-0.25, -0.2) is 0 Å². The first-order chi connectivity index (χ1) is 7.94. The molecule has 100 valence electrons. The second kappa shape index (κ2) is 4.87. The summed E-state index contributed by atoms with van der Waals surface area (Å²) in [4.78, 5) is 10.9. The summed E-state index contributed by atoms with van der Waals surface area (Å²) in [6, 6.07) is 0.247. The SMILES string of the molecule is O=C(Cl)c1cc(C(F)(F)F)cc(C(F)(F)F)c1I. The topological polar surface area (TPSA) is 17.1 Å². The summed E-state index contributed by atoms with van der Waals surface area (Å²) < 4.78 is 74.2. The van der Waals surface area contributed by atoms with Gasteiger partial charge in [-0.1, -0.05) is 0 Å². The van der Waals surface area contributed by atoms with Crippen LogP contribution in [0, 0.1) is 3.57 Å². The lowest BCUT2D eigenvalue weighted by Crippen LogP contribution is -2.15. The minimum absolute atomic E-state index is 0.0505. The normalized spacial score (nSPS) is 12.7. The standard InChI is InChI=1S/C9H2ClF6IO/c10-7(18)4-1-3(8(11,12)13)2-5(6(4)17)9(14,15)16/h1-2H. The largest absolute Gasteiger partial charge is 0.417 e. The zero-order valence-electron chi connectivity index (χ0n) is 8.09. The van der Waals surface area contributed by atoms with Crippen LogP contribution in [-0.2, 0) is 12.4 Å². The molecule has 0 bridgehead atoms. The molecule has 9 heteroatoms. The molecule has 1 rings (SSSR count). The number of halogens is 8. The van der Waals surface area contributed by atoms with Crippen LogP contribution in [0.5, 0.6) is 0 Å². The van der Waals surface area contributed by atoms with Crippen molar-refractivity contribution < 1.29 is 31.1 Å². The summed E-state index contributed by atoms with van der Waals surface area (Å²) in [6.07, 6.45) is -10.00. The number of carbonyl (C=O) groups is 1. The van der Waals surface area contributed by atoms with Crippen LogP contribution in [-0.4, -0.2) is 5.24 Å². The third-order valence-electron chi connectivity index (χ3n) is 1.92. The third-order valence-corrected chi connectivity index (χ3v) is 3.28. The number of carbonyl (C=O) groups excluding carboxylic acids is 1. The van der Waals surface area contributed by atoms with E-state index in [2.05, 4.69) is 0 Å². The zero-order chi connectivity index (χ0) is 14.3. The van der Waals surface area contributed by atoms with Crippen LogP contribution in [0.2, 0.25) is 0 Å². The van der Waals surface area contributed by atoms with E-state index in [1.165, 1.54) is 0 Å². The van der Waals surface area contributed by atoms with Gasteiger partial charge in [-0.15, -0.1) is 0 Å². The first kappa shape index (κ1) is 15.5. The van der Waals surface area contributed by atoms with Crippen molar-refractivity contribution in [1.82, 2.24) is 0 Å². The van der Waals surface area contributed by atoms with Crippen molar-refractivity contribution >= 4 is 39.4 Å². The molecule has 0 heterocycles. The van der Waals surface area contributed by atoms with Crippen LogP contribution >= 0.6 is 34.2 Å². The lowest BCUT2D eigenvalue weighted by Gasteiger charge is -2.15. The van der Waals surface area contributed by atoms with Gasteiger partial charge in [0.2, 0.25) is 0 Å². The molecule has 0 radical (unpaired) electrons. The zero-order valence-corrected chi connectivity index (χ0v) is 11.0. The first-order valence-electron chi connectivity index (χ1n) is 4.12. The van der Waals surface area contributed by atoms with Gasteiger partial charge in [0.25, 0.3) is 5.24 Å². The van der Waals surface area contributed by atoms with E-state index in [0.29, 0.717) is 6.07 Å². The van der Waals surface area contributed by atoms with Crippen molar-refractivity contribution in [3.63, 3.8) is 0 Å². The quantitative estimate of drug-likeness (QED) is 0.378. The van der Waals surface area contributed by atoms with Gasteiger partial charge in [0.15, 0.2) is 0 Å². The molecule has 0 aromatic heterocycles. The Labute approximate surface area is 115 Å². The summed E-state index contributed by atoms with van der Waals surface area (Å²) in [5.74, 6) is 0. The maximum absolute atomic E-state index is 12.5. The molecule has 0 amide bonds. The lowest BCUT2D eigenvalue weighted by molar-refractivity contribution is -0.143. The van der Waals surface area contributed by atoms with Crippen LogP contribution in [0.25, 0.3) is 0 Å². The number of benzene rings is 1. The molecule has 1 nitrogen and oxygen atoms in total. The van der Waals surface area contributed by atoms with Crippen LogP contribution in [0.1, 0.15) is 21.5 Å². The Morgan fingerprint density at radius 2 is 1.56 bits per heavy atom. The van der Waals surface area contributed by atoms with E-state index >= 15 is 0 Å². The average Bonchev–Trinajstić information content (AvgIpc) is 2.13. The molecule has 1 aromatic rings. The van der Waals surface area contributed by atoms with Crippen molar-refractivity contribution in [2.75, 3.05) is 0 Å². The Morgan fingerprint density at radius 1 is 1.06 bits per heavy atom. The Kier molecular flexibility index (Phi) is 4.21. The summed E-state index contributed by atoms with van der Waals surface area (Å²) in [6.45, 7) is 0. The maximum Gasteiger partial charge on any atom is 0.417 e. The van der Waals surface area contributed by atoms with E-state index in [-0.39, 0.29) is 6.07 Å². The molecule has 0 unspecified atom stereocenters. The van der Waals surface area contributed by atoms with Crippen molar-refractivity contribution in [2.24, 2.45) is 0 Å². The van der Waals surface area contributed by atoms with Crippen molar-refractivity contribution in [2.45, 2.75) is 12.4 Å². The van der Waals surface area contributed by atoms with Gasteiger partial charge in [0.05, 0.1) is 11.1 Å². The fourth-order valence-electron chi connectivity index (χ4n) is 1.14. The Hall–Kier alpha value is -0.510. The molecule has 0 saturated heterocycles. The average molecular weight is 402 g/mol. The lowest BCUT2D eigenvalue weighted by atomic mass is 10.1. The van der Waals surface area contributed by atoms with Gasteiger partial charge in [0, 0.05) is 9.13 Å².